The van der Waals surface area contributed by atoms with Crippen molar-refractivity contribution in [2.24, 2.45) is 12.8 Å². The number of nitrogens with zero attached hydrogens (tertiary/aromatic N) is 3. The molecule has 1 aromatic carbocycles. The molecule has 0 saturated heterocycles. The van der Waals surface area contributed by atoms with Crippen molar-refractivity contribution in [2.45, 2.75) is 29.4 Å². The zero-order valence-corrected chi connectivity index (χ0v) is 11.9. The highest BCUT2D eigenvalue weighted by molar-refractivity contribution is 7.99. The van der Waals surface area contributed by atoms with E-state index in [9.17, 15) is 0 Å². The lowest BCUT2D eigenvalue weighted by atomic mass is 10.1. The first kappa shape index (κ1) is 13.4. The topological polar surface area (TPSA) is 56.7 Å². The third kappa shape index (κ3) is 3.04. The molecule has 0 aliphatic carbocycles. The van der Waals surface area contributed by atoms with E-state index in [1.165, 1.54) is 0 Å². The molecule has 18 heavy (non-hydrogen) atoms. The molecule has 1 unspecified atom stereocenters. The van der Waals surface area contributed by atoms with E-state index in [-0.39, 0.29) is 6.04 Å². The molecule has 4 nitrogen and oxygen atoms in total. The molecule has 2 N–H and O–H groups in total. The lowest BCUT2D eigenvalue weighted by Gasteiger charge is -2.12. The van der Waals surface area contributed by atoms with Crippen LogP contribution in [0.4, 0.5) is 0 Å². The Balaban J connectivity index is 2.32. The second kappa shape index (κ2) is 5.73. The predicted octanol–water partition coefficient (Wildman–Crippen LogP) is 2.51. The minimum atomic E-state index is 0.0729. The van der Waals surface area contributed by atoms with Gasteiger partial charge in [-0.15, -0.1) is 10.2 Å². The highest BCUT2D eigenvalue weighted by Gasteiger charge is 2.12. The molecule has 0 fully saturated rings. The van der Waals surface area contributed by atoms with Gasteiger partial charge >= 0.3 is 0 Å². The monoisotopic (exact) mass is 282 g/mol. The molecule has 1 atom stereocenters. The summed E-state index contributed by atoms with van der Waals surface area (Å²) in [7, 11) is 1.91. The van der Waals surface area contributed by atoms with Gasteiger partial charge in [-0.1, -0.05) is 17.7 Å². The molecule has 0 amide bonds. The molecule has 0 spiro atoms. The van der Waals surface area contributed by atoms with Crippen LogP contribution in [0.3, 0.4) is 0 Å². The number of halogens is 1. The molecule has 0 radical (unpaired) electrons. The molecule has 0 aliphatic heterocycles. The van der Waals surface area contributed by atoms with Crippen molar-refractivity contribution in [1.29, 1.82) is 0 Å². The lowest BCUT2D eigenvalue weighted by Crippen LogP contribution is -2.18. The minimum Gasteiger partial charge on any atom is -0.328 e. The van der Waals surface area contributed by atoms with E-state index < -0.39 is 0 Å². The molecule has 0 saturated carbocycles. The van der Waals surface area contributed by atoms with E-state index in [2.05, 4.69) is 10.2 Å². The first-order valence-electron chi connectivity index (χ1n) is 5.62. The zero-order chi connectivity index (χ0) is 13.1. The maximum absolute atomic E-state index is 6.24. The van der Waals surface area contributed by atoms with Crippen molar-refractivity contribution < 1.29 is 0 Å². The Morgan fingerprint density at radius 1 is 1.50 bits per heavy atom. The normalized spacial score (nSPS) is 12.7. The summed E-state index contributed by atoms with van der Waals surface area (Å²) in [6.07, 6.45) is 2.43. The second-order valence-electron chi connectivity index (χ2n) is 4.22. The fourth-order valence-electron chi connectivity index (χ4n) is 1.62. The van der Waals surface area contributed by atoms with Gasteiger partial charge in [-0.05, 0) is 42.8 Å². The van der Waals surface area contributed by atoms with Gasteiger partial charge in [-0.25, -0.2) is 0 Å². The fraction of sp³-hybridized carbons (Fsp3) is 0.333. The summed E-state index contributed by atoms with van der Waals surface area (Å²) in [5, 5.41) is 9.51. The smallest absolute Gasteiger partial charge is 0.195 e. The standard InChI is InChI=1S/C12H15ClN4S/c1-8(14)6-9-10(13)4-3-5-11(9)18-12-16-15-7-17(12)2/h3-5,7-8H,6,14H2,1-2H3. The Kier molecular flexibility index (Phi) is 4.27. The number of hydrogen-bond acceptors (Lipinski definition) is 4. The Bertz CT molecular complexity index is 539. The van der Waals surface area contributed by atoms with E-state index in [0.717, 1.165) is 27.1 Å². The van der Waals surface area contributed by atoms with E-state index in [1.807, 2.05) is 36.7 Å². The van der Waals surface area contributed by atoms with Crippen LogP contribution in [0.15, 0.2) is 34.6 Å². The number of nitrogens with two attached hydrogens (primary N) is 1. The molecular weight excluding hydrogens is 268 g/mol. The maximum atomic E-state index is 6.24. The summed E-state index contributed by atoms with van der Waals surface area (Å²) in [6, 6.07) is 5.93. The van der Waals surface area contributed by atoms with Gasteiger partial charge in [0.25, 0.3) is 0 Å². The Labute approximate surface area is 116 Å². The van der Waals surface area contributed by atoms with Gasteiger partial charge in [0, 0.05) is 23.0 Å². The third-order valence-corrected chi connectivity index (χ3v) is 3.98. The average molecular weight is 283 g/mol. The summed E-state index contributed by atoms with van der Waals surface area (Å²) < 4.78 is 1.88. The van der Waals surface area contributed by atoms with E-state index >= 15 is 0 Å². The van der Waals surface area contributed by atoms with Gasteiger partial charge in [-0.2, -0.15) is 0 Å². The first-order valence-corrected chi connectivity index (χ1v) is 6.82. The minimum absolute atomic E-state index is 0.0729. The lowest BCUT2D eigenvalue weighted by molar-refractivity contribution is 0.728. The predicted molar refractivity (Wildman–Crippen MR) is 73.9 cm³/mol. The summed E-state index contributed by atoms with van der Waals surface area (Å²) in [5.41, 5.74) is 6.94. The molecule has 2 aromatic rings. The van der Waals surface area contributed by atoms with Gasteiger partial charge in [-0.3, -0.25) is 0 Å². The van der Waals surface area contributed by atoms with Crippen molar-refractivity contribution in [3.05, 3.63) is 35.1 Å². The summed E-state index contributed by atoms with van der Waals surface area (Å²) >= 11 is 7.79. The Morgan fingerprint density at radius 2 is 2.28 bits per heavy atom. The quantitative estimate of drug-likeness (QED) is 0.936. The van der Waals surface area contributed by atoms with Gasteiger partial charge in [0.2, 0.25) is 0 Å². The van der Waals surface area contributed by atoms with Crippen LogP contribution in [0.2, 0.25) is 5.02 Å². The third-order valence-electron chi connectivity index (χ3n) is 2.47. The average Bonchev–Trinajstić information content (AvgIpc) is 2.69. The summed E-state index contributed by atoms with van der Waals surface area (Å²) in [4.78, 5) is 1.08. The summed E-state index contributed by atoms with van der Waals surface area (Å²) in [5.74, 6) is 0. The molecule has 2 rings (SSSR count). The Hall–Kier alpha value is -1.04. The van der Waals surface area contributed by atoms with Crippen LogP contribution in [0.1, 0.15) is 12.5 Å². The highest BCUT2D eigenvalue weighted by atomic mass is 35.5. The van der Waals surface area contributed by atoms with Crippen LogP contribution in [0.25, 0.3) is 0 Å². The van der Waals surface area contributed by atoms with Crippen LogP contribution in [0.5, 0.6) is 0 Å². The number of aryl methyl sites for hydroxylation is 1. The van der Waals surface area contributed by atoms with Crippen molar-refractivity contribution in [3.8, 4) is 0 Å². The number of hydrogen-bond donors (Lipinski definition) is 1. The molecule has 1 heterocycles. The molecule has 0 aliphatic rings. The van der Waals surface area contributed by atoms with Gasteiger partial charge in [0.05, 0.1) is 0 Å². The number of rotatable bonds is 4. The van der Waals surface area contributed by atoms with Crippen LogP contribution in [-0.2, 0) is 13.5 Å². The van der Waals surface area contributed by atoms with E-state index in [0.29, 0.717) is 0 Å². The van der Waals surface area contributed by atoms with Gasteiger partial charge < -0.3 is 10.3 Å². The van der Waals surface area contributed by atoms with E-state index in [1.54, 1.807) is 18.1 Å². The molecule has 1 aromatic heterocycles. The van der Waals surface area contributed by atoms with Crippen molar-refractivity contribution in [3.63, 3.8) is 0 Å². The van der Waals surface area contributed by atoms with Crippen molar-refractivity contribution in [1.82, 2.24) is 14.8 Å². The van der Waals surface area contributed by atoms with Crippen LogP contribution in [0, 0.1) is 0 Å². The second-order valence-corrected chi connectivity index (χ2v) is 5.64. The maximum Gasteiger partial charge on any atom is 0.195 e. The molecule has 96 valence electrons. The molecular formula is C12H15ClN4S. The van der Waals surface area contributed by atoms with Crippen molar-refractivity contribution >= 4 is 23.4 Å². The van der Waals surface area contributed by atoms with Crippen LogP contribution >= 0.6 is 23.4 Å². The number of benzene rings is 1. The first-order chi connectivity index (χ1) is 8.58. The van der Waals surface area contributed by atoms with Crippen molar-refractivity contribution in [2.75, 3.05) is 0 Å². The Morgan fingerprint density at radius 3 is 2.89 bits per heavy atom. The summed E-state index contributed by atoms with van der Waals surface area (Å²) in [6.45, 7) is 1.97. The highest BCUT2D eigenvalue weighted by Crippen LogP contribution is 2.33. The molecule has 0 bridgehead atoms. The fourth-order valence-corrected chi connectivity index (χ4v) is 2.86. The van der Waals surface area contributed by atoms with Gasteiger partial charge in [0.15, 0.2) is 5.16 Å². The number of aromatic nitrogens is 3. The largest absolute Gasteiger partial charge is 0.328 e. The SMILES string of the molecule is CC(N)Cc1c(Cl)cccc1Sc1nncn1C. The van der Waals surface area contributed by atoms with Crippen LogP contribution in [-0.4, -0.2) is 20.8 Å². The van der Waals surface area contributed by atoms with E-state index in [4.69, 9.17) is 17.3 Å². The van der Waals surface area contributed by atoms with Gasteiger partial charge in [0.1, 0.15) is 6.33 Å². The molecule has 6 heteroatoms. The van der Waals surface area contributed by atoms with Crippen LogP contribution < -0.4 is 5.73 Å². The zero-order valence-electron chi connectivity index (χ0n) is 10.3.